The molecule has 1 saturated carbocycles. The smallest absolute Gasteiger partial charge is 0.238 e. The SMILES string of the molecule is NCCN(CC(=O)Nc1ccccc1)C1CCCCC1. The molecule has 0 heterocycles. The molecular formula is C16H25N3O. The summed E-state index contributed by atoms with van der Waals surface area (Å²) in [6.07, 6.45) is 6.25. The Morgan fingerprint density at radius 3 is 2.55 bits per heavy atom. The fraction of sp³-hybridized carbons (Fsp3) is 0.562. The predicted octanol–water partition coefficient (Wildman–Crippen LogP) is 2.22. The van der Waals surface area contributed by atoms with Gasteiger partial charge < -0.3 is 11.1 Å². The molecule has 0 spiro atoms. The number of hydrogen-bond donors (Lipinski definition) is 2. The van der Waals surface area contributed by atoms with Crippen LogP contribution in [0.5, 0.6) is 0 Å². The number of hydrogen-bond acceptors (Lipinski definition) is 3. The van der Waals surface area contributed by atoms with Gasteiger partial charge in [0.2, 0.25) is 5.91 Å². The van der Waals surface area contributed by atoms with E-state index < -0.39 is 0 Å². The standard InChI is InChI=1S/C16H25N3O/c17-11-12-19(15-9-5-2-6-10-15)13-16(20)18-14-7-3-1-4-8-14/h1,3-4,7-8,15H,2,5-6,9-13,17H2,(H,18,20). The average molecular weight is 275 g/mol. The van der Waals surface area contributed by atoms with Gasteiger partial charge in [-0.1, -0.05) is 37.5 Å². The minimum absolute atomic E-state index is 0.0511. The minimum Gasteiger partial charge on any atom is -0.329 e. The van der Waals surface area contributed by atoms with Gasteiger partial charge in [0.25, 0.3) is 0 Å². The van der Waals surface area contributed by atoms with Crippen LogP contribution in [0.4, 0.5) is 5.69 Å². The lowest BCUT2D eigenvalue weighted by Crippen LogP contribution is -2.44. The molecule has 1 aromatic rings. The van der Waals surface area contributed by atoms with Crippen molar-refractivity contribution in [1.82, 2.24) is 4.90 Å². The summed E-state index contributed by atoms with van der Waals surface area (Å²) in [5.41, 5.74) is 6.55. The highest BCUT2D eigenvalue weighted by molar-refractivity contribution is 5.92. The average Bonchev–Trinajstić information content (AvgIpc) is 2.49. The maximum atomic E-state index is 12.1. The molecule has 0 bridgehead atoms. The zero-order valence-electron chi connectivity index (χ0n) is 12.1. The Bertz CT molecular complexity index is 401. The van der Waals surface area contributed by atoms with Crippen LogP contribution < -0.4 is 11.1 Å². The van der Waals surface area contributed by atoms with Gasteiger partial charge in [0.1, 0.15) is 0 Å². The molecule has 0 aliphatic heterocycles. The van der Waals surface area contributed by atoms with E-state index in [1.165, 1.54) is 32.1 Å². The fourth-order valence-corrected chi connectivity index (χ4v) is 2.91. The second-order valence-corrected chi connectivity index (χ2v) is 5.47. The largest absolute Gasteiger partial charge is 0.329 e. The molecule has 3 N–H and O–H groups in total. The Labute approximate surface area is 121 Å². The van der Waals surface area contributed by atoms with E-state index >= 15 is 0 Å². The number of nitrogens with zero attached hydrogens (tertiary/aromatic N) is 1. The van der Waals surface area contributed by atoms with Crippen LogP contribution in [0.1, 0.15) is 32.1 Å². The number of nitrogens with two attached hydrogens (primary N) is 1. The molecule has 0 radical (unpaired) electrons. The summed E-state index contributed by atoms with van der Waals surface area (Å²) in [5, 5.41) is 2.95. The van der Waals surface area contributed by atoms with E-state index in [0.29, 0.717) is 19.1 Å². The lowest BCUT2D eigenvalue weighted by molar-refractivity contribution is -0.118. The van der Waals surface area contributed by atoms with Crippen LogP contribution >= 0.6 is 0 Å². The molecule has 1 aliphatic rings. The van der Waals surface area contributed by atoms with Gasteiger partial charge >= 0.3 is 0 Å². The maximum Gasteiger partial charge on any atom is 0.238 e. The first-order valence-electron chi connectivity index (χ1n) is 7.58. The van der Waals surface area contributed by atoms with E-state index in [1.54, 1.807) is 0 Å². The molecule has 0 atom stereocenters. The molecule has 0 unspecified atom stereocenters. The summed E-state index contributed by atoms with van der Waals surface area (Å²) in [5.74, 6) is 0.0511. The Hall–Kier alpha value is -1.39. The highest BCUT2D eigenvalue weighted by atomic mass is 16.2. The molecule has 4 heteroatoms. The molecule has 2 rings (SSSR count). The Morgan fingerprint density at radius 1 is 1.20 bits per heavy atom. The van der Waals surface area contributed by atoms with Gasteiger partial charge in [-0.15, -0.1) is 0 Å². The van der Waals surface area contributed by atoms with Crippen LogP contribution in [-0.2, 0) is 4.79 Å². The number of rotatable bonds is 6. The Balaban J connectivity index is 1.88. The lowest BCUT2D eigenvalue weighted by atomic mass is 9.94. The first-order chi connectivity index (χ1) is 9.79. The van der Waals surface area contributed by atoms with E-state index in [0.717, 1.165) is 12.2 Å². The van der Waals surface area contributed by atoms with Crippen LogP contribution in [0.15, 0.2) is 30.3 Å². The Kier molecular flexibility index (Phi) is 6.02. The van der Waals surface area contributed by atoms with Crippen LogP contribution in [0.25, 0.3) is 0 Å². The van der Waals surface area contributed by atoms with Gasteiger partial charge in [-0.25, -0.2) is 0 Å². The molecule has 1 amide bonds. The number of para-hydroxylation sites is 1. The number of carbonyl (C=O) groups excluding carboxylic acids is 1. The van der Waals surface area contributed by atoms with E-state index in [9.17, 15) is 4.79 Å². The summed E-state index contributed by atoms with van der Waals surface area (Å²) >= 11 is 0. The van der Waals surface area contributed by atoms with Crippen LogP contribution in [0.3, 0.4) is 0 Å². The van der Waals surface area contributed by atoms with Crippen molar-refractivity contribution in [3.63, 3.8) is 0 Å². The topological polar surface area (TPSA) is 58.4 Å². The summed E-state index contributed by atoms with van der Waals surface area (Å²) < 4.78 is 0. The zero-order chi connectivity index (χ0) is 14.2. The van der Waals surface area contributed by atoms with Crippen molar-refractivity contribution in [2.45, 2.75) is 38.1 Å². The Morgan fingerprint density at radius 2 is 1.90 bits per heavy atom. The van der Waals surface area contributed by atoms with E-state index in [4.69, 9.17) is 5.73 Å². The van der Waals surface area contributed by atoms with Gasteiger partial charge in [0, 0.05) is 24.8 Å². The summed E-state index contributed by atoms with van der Waals surface area (Å²) in [6, 6.07) is 10.1. The van der Waals surface area contributed by atoms with Crippen molar-refractivity contribution in [3.8, 4) is 0 Å². The van der Waals surface area contributed by atoms with Crippen LogP contribution in [0.2, 0.25) is 0 Å². The van der Waals surface area contributed by atoms with Gasteiger partial charge in [-0.2, -0.15) is 0 Å². The number of anilines is 1. The molecule has 1 aliphatic carbocycles. The van der Waals surface area contributed by atoms with Gasteiger partial charge in [0.05, 0.1) is 6.54 Å². The van der Waals surface area contributed by atoms with Crippen molar-refractivity contribution in [2.24, 2.45) is 5.73 Å². The molecular weight excluding hydrogens is 250 g/mol. The van der Waals surface area contributed by atoms with Crippen LogP contribution in [0, 0.1) is 0 Å². The van der Waals surface area contributed by atoms with Crippen molar-refractivity contribution in [2.75, 3.05) is 25.0 Å². The van der Waals surface area contributed by atoms with E-state index in [-0.39, 0.29) is 5.91 Å². The van der Waals surface area contributed by atoms with Crippen molar-refractivity contribution in [1.29, 1.82) is 0 Å². The molecule has 1 fully saturated rings. The number of benzene rings is 1. The monoisotopic (exact) mass is 275 g/mol. The number of amides is 1. The quantitative estimate of drug-likeness (QED) is 0.837. The van der Waals surface area contributed by atoms with Crippen molar-refractivity contribution >= 4 is 11.6 Å². The first kappa shape index (κ1) is 15.0. The molecule has 20 heavy (non-hydrogen) atoms. The normalized spacial score (nSPS) is 16.3. The predicted molar refractivity (Wildman–Crippen MR) is 82.6 cm³/mol. The van der Waals surface area contributed by atoms with Crippen LogP contribution in [-0.4, -0.2) is 36.5 Å². The van der Waals surface area contributed by atoms with Gasteiger partial charge in [-0.3, -0.25) is 9.69 Å². The summed E-state index contributed by atoms with van der Waals surface area (Å²) in [4.78, 5) is 14.4. The van der Waals surface area contributed by atoms with Crippen molar-refractivity contribution < 1.29 is 4.79 Å². The van der Waals surface area contributed by atoms with Gasteiger partial charge in [-0.05, 0) is 25.0 Å². The second kappa shape index (κ2) is 8.02. The zero-order valence-corrected chi connectivity index (χ0v) is 12.1. The van der Waals surface area contributed by atoms with Gasteiger partial charge in [0.15, 0.2) is 0 Å². The van der Waals surface area contributed by atoms with Crippen molar-refractivity contribution in [3.05, 3.63) is 30.3 Å². The molecule has 4 nitrogen and oxygen atoms in total. The third kappa shape index (κ3) is 4.62. The third-order valence-electron chi connectivity index (χ3n) is 3.91. The molecule has 0 aromatic heterocycles. The lowest BCUT2D eigenvalue weighted by Gasteiger charge is -2.33. The van der Waals surface area contributed by atoms with E-state index in [1.807, 2.05) is 30.3 Å². The molecule has 110 valence electrons. The fourth-order valence-electron chi connectivity index (χ4n) is 2.91. The number of carbonyl (C=O) groups is 1. The summed E-state index contributed by atoms with van der Waals surface area (Å²) in [7, 11) is 0. The molecule has 1 aromatic carbocycles. The minimum atomic E-state index is 0.0511. The maximum absolute atomic E-state index is 12.1. The second-order valence-electron chi connectivity index (χ2n) is 5.47. The van der Waals surface area contributed by atoms with E-state index in [2.05, 4.69) is 10.2 Å². The third-order valence-corrected chi connectivity index (χ3v) is 3.91. The highest BCUT2D eigenvalue weighted by Gasteiger charge is 2.22. The number of nitrogens with one attached hydrogen (secondary N) is 1. The highest BCUT2D eigenvalue weighted by Crippen LogP contribution is 2.22. The first-order valence-corrected chi connectivity index (χ1v) is 7.58. The summed E-state index contributed by atoms with van der Waals surface area (Å²) in [6.45, 7) is 1.85. The molecule has 0 saturated heterocycles.